The second-order valence-corrected chi connectivity index (χ2v) is 3.37. The number of benzene rings is 1. The number of para-hydroxylation sites is 1. The third kappa shape index (κ3) is 1.61. The molecule has 0 saturated heterocycles. The van der Waals surface area contributed by atoms with Gasteiger partial charge in [0, 0.05) is 10.9 Å². The molecule has 1 aromatic heterocycles. The van der Waals surface area contributed by atoms with Crippen LogP contribution in [0.5, 0.6) is 0 Å². The Hall–Kier alpha value is -1.42. The van der Waals surface area contributed by atoms with Gasteiger partial charge in [-0.1, -0.05) is 18.2 Å². The fraction of sp³-hybridized carbons (Fsp3) is 0.273. The van der Waals surface area contributed by atoms with Gasteiger partial charge in [0.1, 0.15) is 11.3 Å². The number of aryl methyl sites for hydroxylation is 1. The summed E-state index contributed by atoms with van der Waals surface area (Å²) in [5, 5.41) is 9.99. The van der Waals surface area contributed by atoms with Crippen LogP contribution in [0.1, 0.15) is 17.4 Å². The molecule has 80 valence electrons. The van der Waals surface area contributed by atoms with Gasteiger partial charge in [0.05, 0.1) is 0 Å². The number of furan rings is 1. The van der Waals surface area contributed by atoms with Gasteiger partial charge >= 0.3 is 0 Å². The Morgan fingerprint density at radius 2 is 1.93 bits per heavy atom. The first-order valence-electron chi connectivity index (χ1n) is 4.55. The molecule has 4 heteroatoms. The molecule has 0 radical (unpaired) electrons. The Bertz CT molecular complexity index is 476. The minimum absolute atomic E-state index is 0.0498. The van der Waals surface area contributed by atoms with E-state index < -0.39 is 12.5 Å². The first kappa shape index (κ1) is 10.1. The zero-order valence-corrected chi connectivity index (χ0v) is 8.08. The minimum Gasteiger partial charge on any atom is -0.458 e. The van der Waals surface area contributed by atoms with E-state index in [2.05, 4.69) is 0 Å². The largest absolute Gasteiger partial charge is 0.458 e. The second kappa shape index (κ2) is 3.62. The van der Waals surface area contributed by atoms with Gasteiger partial charge in [-0.05, 0) is 13.0 Å². The summed E-state index contributed by atoms with van der Waals surface area (Å²) in [6, 6.07) is 7.01. The summed E-state index contributed by atoms with van der Waals surface area (Å²) in [4.78, 5) is 0. The van der Waals surface area contributed by atoms with Crippen LogP contribution in [0.15, 0.2) is 28.7 Å². The predicted molar refractivity (Wildman–Crippen MR) is 51.9 cm³/mol. The summed E-state index contributed by atoms with van der Waals surface area (Å²) in [5.74, 6) is -0.0498. The minimum atomic E-state index is -2.83. The highest BCUT2D eigenvalue weighted by atomic mass is 19.3. The van der Waals surface area contributed by atoms with Gasteiger partial charge < -0.3 is 9.52 Å². The standard InChI is InChI=1S/C11H10F2O2/c1-6-7-4-2-3-5-8(7)15-10(6)9(14)11(12)13/h2-5,9,11,14H,1H3. The number of halogens is 2. The van der Waals surface area contributed by atoms with Crippen molar-refractivity contribution in [3.63, 3.8) is 0 Å². The molecular weight excluding hydrogens is 202 g/mol. The van der Waals surface area contributed by atoms with Crippen LogP contribution in [0.25, 0.3) is 11.0 Å². The van der Waals surface area contributed by atoms with Crippen molar-refractivity contribution in [2.24, 2.45) is 0 Å². The second-order valence-electron chi connectivity index (χ2n) is 3.37. The number of fused-ring (bicyclic) bond motifs is 1. The van der Waals surface area contributed by atoms with Gasteiger partial charge in [-0.3, -0.25) is 0 Å². The quantitative estimate of drug-likeness (QED) is 0.829. The van der Waals surface area contributed by atoms with E-state index in [9.17, 15) is 13.9 Å². The Balaban J connectivity index is 2.58. The SMILES string of the molecule is Cc1c(C(O)C(F)F)oc2ccccc12. The molecule has 0 aliphatic heterocycles. The van der Waals surface area contributed by atoms with Crippen molar-refractivity contribution in [3.8, 4) is 0 Å². The van der Waals surface area contributed by atoms with Crippen molar-refractivity contribution in [2.45, 2.75) is 19.5 Å². The average molecular weight is 212 g/mol. The highest BCUT2D eigenvalue weighted by Crippen LogP contribution is 2.31. The van der Waals surface area contributed by atoms with Gasteiger partial charge in [-0.15, -0.1) is 0 Å². The van der Waals surface area contributed by atoms with E-state index in [1.165, 1.54) is 0 Å². The molecule has 1 atom stereocenters. The third-order valence-corrected chi connectivity index (χ3v) is 2.39. The Labute approximate surface area is 85.1 Å². The lowest BCUT2D eigenvalue weighted by Crippen LogP contribution is -2.07. The highest BCUT2D eigenvalue weighted by molar-refractivity contribution is 5.81. The van der Waals surface area contributed by atoms with Gasteiger partial charge in [-0.25, -0.2) is 8.78 Å². The lowest BCUT2D eigenvalue weighted by molar-refractivity contribution is -0.0173. The molecule has 15 heavy (non-hydrogen) atoms. The van der Waals surface area contributed by atoms with Crippen molar-refractivity contribution in [3.05, 3.63) is 35.6 Å². The first-order chi connectivity index (χ1) is 7.11. The molecule has 0 saturated carbocycles. The van der Waals surface area contributed by atoms with Crippen LogP contribution >= 0.6 is 0 Å². The lowest BCUT2D eigenvalue weighted by atomic mass is 10.1. The number of aliphatic hydroxyl groups is 1. The number of hydrogen-bond acceptors (Lipinski definition) is 2. The zero-order chi connectivity index (χ0) is 11.0. The van der Waals surface area contributed by atoms with E-state index in [1.54, 1.807) is 31.2 Å². The topological polar surface area (TPSA) is 33.4 Å². The fourth-order valence-electron chi connectivity index (χ4n) is 1.59. The normalized spacial score (nSPS) is 13.7. The van der Waals surface area contributed by atoms with Crippen LogP contribution in [-0.2, 0) is 0 Å². The van der Waals surface area contributed by atoms with Crippen molar-refractivity contribution >= 4 is 11.0 Å². The van der Waals surface area contributed by atoms with Gasteiger partial charge in [-0.2, -0.15) is 0 Å². The summed E-state index contributed by atoms with van der Waals surface area (Å²) >= 11 is 0. The van der Waals surface area contributed by atoms with Crippen LogP contribution in [0.4, 0.5) is 8.78 Å². The molecule has 2 nitrogen and oxygen atoms in total. The van der Waals surface area contributed by atoms with E-state index in [0.717, 1.165) is 5.39 Å². The predicted octanol–water partition coefficient (Wildman–Crippen LogP) is 3.04. The molecule has 0 bridgehead atoms. The molecule has 0 aliphatic carbocycles. The van der Waals surface area contributed by atoms with Crippen molar-refractivity contribution in [1.82, 2.24) is 0 Å². The number of rotatable bonds is 2. The van der Waals surface area contributed by atoms with Gasteiger partial charge in [0.25, 0.3) is 6.43 Å². The van der Waals surface area contributed by atoms with Crippen molar-refractivity contribution in [2.75, 3.05) is 0 Å². The number of hydrogen-bond donors (Lipinski definition) is 1. The van der Waals surface area contributed by atoms with Gasteiger partial charge in [0.2, 0.25) is 0 Å². The molecule has 2 aromatic rings. The molecule has 0 amide bonds. The summed E-state index contributed by atoms with van der Waals surface area (Å²) < 4.78 is 29.8. The maximum atomic E-state index is 12.3. The lowest BCUT2D eigenvalue weighted by Gasteiger charge is -2.06. The van der Waals surface area contributed by atoms with Crippen molar-refractivity contribution in [1.29, 1.82) is 0 Å². The summed E-state index contributed by atoms with van der Waals surface area (Å²) in [6.45, 7) is 1.66. The first-order valence-corrected chi connectivity index (χ1v) is 4.55. The Morgan fingerprint density at radius 1 is 1.27 bits per heavy atom. The Morgan fingerprint density at radius 3 is 2.53 bits per heavy atom. The number of alkyl halides is 2. The molecule has 0 aliphatic rings. The van der Waals surface area contributed by atoms with Gasteiger partial charge in [0.15, 0.2) is 6.10 Å². The maximum Gasteiger partial charge on any atom is 0.271 e. The summed E-state index contributed by atoms with van der Waals surface area (Å²) in [7, 11) is 0. The van der Waals surface area contributed by atoms with E-state index in [-0.39, 0.29) is 5.76 Å². The molecule has 2 rings (SSSR count). The van der Waals surface area contributed by atoms with E-state index in [1.807, 2.05) is 0 Å². The molecule has 0 fully saturated rings. The zero-order valence-electron chi connectivity index (χ0n) is 8.08. The van der Waals surface area contributed by atoms with Crippen LogP contribution < -0.4 is 0 Å². The molecular formula is C11H10F2O2. The molecule has 1 heterocycles. The fourth-order valence-corrected chi connectivity index (χ4v) is 1.59. The molecule has 1 N–H and O–H groups in total. The molecule has 0 spiro atoms. The van der Waals surface area contributed by atoms with Crippen LogP contribution in [0.2, 0.25) is 0 Å². The van der Waals surface area contributed by atoms with Crippen LogP contribution in [0.3, 0.4) is 0 Å². The highest BCUT2D eigenvalue weighted by Gasteiger charge is 2.25. The maximum absolute atomic E-state index is 12.3. The van der Waals surface area contributed by atoms with E-state index in [4.69, 9.17) is 4.42 Å². The van der Waals surface area contributed by atoms with Crippen molar-refractivity contribution < 1.29 is 18.3 Å². The average Bonchev–Trinajstić information content (AvgIpc) is 2.56. The third-order valence-electron chi connectivity index (χ3n) is 2.39. The van der Waals surface area contributed by atoms with Crippen LogP contribution in [0, 0.1) is 6.92 Å². The smallest absolute Gasteiger partial charge is 0.271 e. The summed E-state index contributed by atoms with van der Waals surface area (Å²) in [5.41, 5.74) is 1.09. The molecule has 1 aromatic carbocycles. The summed E-state index contributed by atoms with van der Waals surface area (Å²) in [6.07, 6.45) is -4.68. The molecule has 1 unspecified atom stereocenters. The monoisotopic (exact) mass is 212 g/mol. The Kier molecular flexibility index (Phi) is 2.44. The van der Waals surface area contributed by atoms with E-state index in [0.29, 0.717) is 11.1 Å². The van der Waals surface area contributed by atoms with Crippen LogP contribution in [-0.4, -0.2) is 11.5 Å². The van der Waals surface area contributed by atoms with E-state index >= 15 is 0 Å². The number of aliphatic hydroxyl groups excluding tert-OH is 1.